The maximum Gasteiger partial charge on any atom is 0.244 e. The van der Waals surface area contributed by atoms with Gasteiger partial charge in [0.15, 0.2) is 11.5 Å². The van der Waals surface area contributed by atoms with E-state index in [9.17, 15) is 15.0 Å². The van der Waals surface area contributed by atoms with Gasteiger partial charge < -0.3 is 20.4 Å². The molecule has 0 spiro atoms. The summed E-state index contributed by atoms with van der Waals surface area (Å²) in [7, 11) is 0. The van der Waals surface area contributed by atoms with Gasteiger partial charge in [0.05, 0.1) is 0 Å². The van der Waals surface area contributed by atoms with E-state index in [1.54, 1.807) is 18.3 Å². The van der Waals surface area contributed by atoms with E-state index in [2.05, 4.69) is 15.2 Å². The summed E-state index contributed by atoms with van der Waals surface area (Å²) in [4.78, 5) is 18.6. The van der Waals surface area contributed by atoms with Crippen molar-refractivity contribution in [3.63, 3.8) is 0 Å². The lowest BCUT2D eigenvalue weighted by atomic mass is 10.2. The largest absolute Gasteiger partial charge is 0.504 e. The number of carbonyl (C=O) groups is 1. The van der Waals surface area contributed by atoms with Crippen molar-refractivity contribution in [1.82, 2.24) is 10.3 Å². The van der Waals surface area contributed by atoms with Gasteiger partial charge >= 0.3 is 0 Å². The Morgan fingerprint density at radius 3 is 2.64 bits per heavy atom. The zero-order valence-electron chi connectivity index (χ0n) is 13.9. The molecule has 3 N–H and O–H groups in total. The summed E-state index contributed by atoms with van der Waals surface area (Å²) in [5.41, 5.74) is 1.56. The molecular weight excluding hydrogens is 318 g/mol. The molecule has 0 unspecified atom stereocenters. The number of rotatable bonds is 5. The van der Waals surface area contributed by atoms with E-state index in [1.807, 2.05) is 12.1 Å². The zero-order chi connectivity index (χ0) is 17.6. The van der Waals surface area contributed by atoms with Crippen LogP contribution in [0.15, 0.2) is 42.6 Å². The third kappa shape index (κ3) is 4.50. The van der Waals surface area contributed by atoms with Crippen molar-refractivity contribution in [2.75, 3.05) is 18.0 Å². The smallest absolute Gasteiger partial charge is 0.244 e. The number of nitrogens with zero attached hydrogens (tertiary/aromatic N) is 2. The standard InChI is InChI=1S/C19H21N3O3/c23-16-6-3-14(11-17(16)24)5-8-19(25)21-13-15-4-7-18(20-12-15)22-9-1-2-10-22/h3-8,11-12,23-24H,1-2,9-10,13H2,(H,21,25)/b8-5+. The van der Waals surface area contributed by atoms with Gasteiger partial charge in [0.1, 0.15) is 5.82 Å². The summed E-state index contributed by atoms with van der Waals surface area (Å²) in [6, 6.07) is 8.34. The van der Waals surface area contributed by atoms with Crippen LogP contribution in [-0.4, -0.2) is 34.2 Å². The first-order valence-corrected chi connectivity index (χ1v) is 8.29. The predicted molar refractivity (Wildman–Crippen MR) is 96.3 cm³/mol. The summed E-state index contributed by atoms with van der Waals surface area (Å²) in [6.07, 6.45) is 7.17. The molecule has 2 heterocycles. The second-order valence-electron chi connectivity index (χ2n) is 6.02. The molecule has 0 radical (unpaired) electrons. The van der Waals surface area contributed by atoms with E-state index >= 15 is 0 Å². The molecule has 0 aliphatic carbocycles. The Morgan fingerprint density at radius 2 is 1.96 bits per heavy atom. The topological polar surface area (TPSA) is 85.7 Å². The Hall–Kier alpha value is -3.02. The highest BCUT2D eigenvalue weighted by atomic mass is 16.3. The van der Waals surface area contributed by atoms with E-state index in [1.165, 1.54) is 31.1 Å². The molecule has 25 heavy (non-hydrogen) atoms. The number of pyridine rings is 1. The molecule has 1 amide bonds. The molecule has 1 fully saturated rings. The minimum atomic E-state index is -0.240. The number of anilines is 1. The molecule has 1 aliphatic rings. The van der Waals surface area contributed by atoms with Crippen LogP contribution in [0.4, 0.5) is 5.82 Å². The molecule has 0 atom stereocenters. The van der Waals surface area contributed by atoms with Gasteiger partial charge in [-0.15, -0.1) is 0 Å². The number of benzene rings is 1. The quantitative estimate of drug-likeness (QED) is 0.575. The van der Waals surface area contributed by atoms with E-state index in [4.69, 9.17) is 0 Å². The van der Waals surface area contributed by atoms with Gasteiger partial charge in [-0.05, 0) is 48.2 Å². The molecule has 1 aromatic heterocycles. The van der Waals surface area contributed by atoms with Crippen molar-refractivity contribution in [2.24, 2.45) is 0 Å². The summed E-state index contributed by atoms with van der Waals surface area (Å²) >= 11 is 0. The van der Waals surface area contributed by atoms with Gasteiger partial charge in [0, 0.05) is 31.9 Å². The van der Waals surface area contributed by atoms with Crippen LogP contribution >= 0.6 is 0 Å². The Kier molecular flexibility index (Phi) is 5.18. The molecule has 1 aliphatic heterocycles. The molecule has 3 rings (SSSR count). The van der Waals surface area contributed by atoms with Gasteiger partial charge in [-0.1, -0.05) is 12.1 Å². The molecule has 0 bridgehead atoms. The summed E-state index contributed by atoms with van der Waals surface area (Å²) in [6.45, 7) is 2.51. The molecular formula is C19H21N3O3. The molecule has 130 valence electrons. The second kappa shape index (κ2) is 7.70. The minimum absolute atomic E-state index is 0.188. The van der Waals surface area contributed by atoms with Crippen molar-refractivity contribution < 1.29 is 15.0 Å². The van der Waals surface area contributed by atoms with Crippen LogP contribution in [0, 0.1) is 0 Å². The molecule has 0 saturated carbocycles. The van der Waals surface area contributed by atoms with E-state index in [0.29, 0.717) is 12.1 Å². The number of phenolic OH excluding ortho intramolecular Hbond substituents is 2. The van der Waals surface area contributed by atoms with Crippen molar-refractivity contribution in [1.29, 1.82) is 0 Å². The average Bonchev–Trinajstić information content (AvgIpc) is 3.16. The van der Waals surface area contributed by atoms with E-state index < -0.39 is 0 Å². The van der Waals surface area contributed by atoms with Crippen molar-refractivity contribution in [3.8, 4) is 11.5 Å². The highest BCUT2D eigenvalue weighted by Gasteiger charge is 2.12. The summed E-state index contributed by atoms with van der Waals surface area (Å²) < 4.78 is 0. The highest BCUT2D eigenvalue weighted by molar-refractivity contribution is 5.91. The maximum absolute atomic E-state index is 11.9. The van der Waals surface area contributed by atoms with Crippen LogP contribution in [0.5, 0.6) is 11.5 Å². The summed E-state index contributed by atoms with van der Waals surface area (Å²) in [5, 5.41) is 21.5. The Morgan fingerprint density at radius 1 is 1.16 bits per heavy atom. The fourth-order valence-electron chi connectivity index (χ4n) is 2.72. The Balaban J connectivity index is 1.51. The number of amides is 1. The van der Waals surface area contributed by atoms with Crippen LogP contribution in [0.2, 0.25) is 0 Å². The van der Waals surface area contributed by atoms with Crippen LogP contribution in [0.3, 0.4) is 0 Å². The number of aromatic nitrogens is 1. The molecule has 6 heteroatoms. The third-order valence-electron chi connectivity index (χ3n) is 4.13. The predicted octanol–water partition coefficient (Wildman–Crippen LogP) is 2.42. The maximum atomic E-state index is 11.9. The van der Waals surface area contributed by atoms with Gasteiger partial charge in [-0.3, -0.25) is 4.79 Å². The van der Waals surface area contributed by atoms with Crippen LogP contribution in [0.25, 0.3) is 6.08 Å². The normalized spacial score (nSPS) is 14.2. The number of carbonyl (C=O) groups excluding carboxylic acids is 1. The van der Waals surface area contributed by atoms with Crippen LogP contribution in [-0.2, 0) is 11.3 Å². The Labute approximate surface area is 146 Å². The highest BCUT2D eigenvalue weighted by Crippen LogP contribution is 2.25. The lowest BCUT2D eigenvalue weighted by Gasteiger charge is -2.16. The van der Waals surface area contributed by atoms with E-state index in [-0.39, 0.29) is 17.4 Å². The van der Waals surface area contributed by atoms with Crippen molar-refractivity contribution in [2.45, 2.75) is 19.4 Å². The number of hydrogen-bond acceptors (Lipinski definition) is 5. The van der Waals surface area contributed by atoms with Gasteiger partial charge in [-0.25, -0.2) is 4.98 Å². The molecule has 2 aromatic rings. The van der Waals surface area contributed by atoms with Crippen LogP contribution in [0.1, 0.15) is 24.0 Å². The second-order valence-corrected chi connectivity index (χ2v) is 6.02. The van der Waals surface area contributed by atoms with Crippen molar-refractivity contribution >= 4 is 17.8 Å². The van der Waals surface area contributed by atoms with E-state index in [0.717, 1.165) is 24.5 Å². The number of nitrogens with one attached hydrogen (secondary N) is 1. The zero-order valence-corrected chi connectivity index (χ0v) is 13.9. The van der Waals surface area contributed by atoms with Crippen molar-refractivity contribution in [3.05, 3.63) is 53.7 Å². The van der Waals surface area contributed by atoms with Gasteiger partial charge in [-0.2, -0.15) is 0 Å². The van der Waals surface area contributed by atoms with Gasteiger partial charge in [0.2, 0.25) is 5.91 Å². The number of phenols is 2. The minimum Gasteiger partial charge on any atom is -0.504 e. The molecule has 6 nitrogen and oxygen atoms in total. The Bertz CT molecular complexity index is 766. The monoisotopic (exact) mass is 339 g/mol. The fourth-order valence-corrected chi connectivity index (χ4v) is 2.72. The van der Waals surface area contributed by atoms with Gasteiger partial charge in [0.25, 0.3) is 0 Å². The first kappa shape index (κ1) is 16.8. The molecule has 1 saturated heterocycles. The first-order chi connectivity index (χ1) is 12.1. The van der Waals surface area contributed by atoms with Crippen LogP contribution < -0.4 is 10.2 Å². The third-order valence-corrected chi connectivity index (χ3v) is 4.13. The number of aromatic hydroxyl groups is 2. The SMILES string of the molecule is O=C(/C=C/c1ccc(O)c(O)c1)NCc1ccc(N2CCCC2)nc1. The first-order valence-electron chi connectivity index (χ1n) is 8.29. The summed E-state index contributed by atoms with van der Waals surface area (Å²) in [5.74, 6) is 0.342. The number of hydrogen-bond donors (Lipinski definition) is 3. The average molecular weight is 339 g/mol. The lowest BCUT2D eigenvalue weighted by Crippen LogP contribution is -2.21. The fraction of sp³-hybridized carbons (Fsp3) is 0.263. The molecule has 1 aromatic carbocycles. The lowest BCUT2D eigenvalue weighted by molar-refractivity contribution is -0.116.